The van der Waals surface area contributed by atoms with Gasteiger partial charge in [0.15, 0.2) is 0 Å². The maximum atomic E-state index is 10.8. The van der Waals surface area contributed by atoms with E-state index in [1.165, 1.54) is 0 Å². The van der Waals surface area contributed by atoms with E-state index < -0.39 is 5.97 Å². The molecule has 0 aliphatic heterocycles. The Bertz CT molecular complexity index is 565. The number of nitrogens with zero attached hydrogens (tertiary/aromatic N) is 1. The first-order chi connectivity index (χ1) is 7.00. The van der Waals surface area contributed by atoms with Gasteiger partial charge in [0, 0.05) is 5.39 Å². The number of fused-ring (bicyclic) bond motifs is 1. The summed E-state index contributed by atoms with van der Waals surface area (Å²) in [6.45, 7) is 1.76. The first kappa shape index (κ1) is 10.2. The molecule has 0 radical (unpaired) electrons. The van der Waals surface area contributed by atoms with E-state index in [2.05, 4.69) is 4.98 Å². The van der Waals surface area contributed by atoms with Crippen LogP contribution in [0.2, 0.25) is 5.02 Å². The lowest BCUT2D eigenvalue weighted by Crippen LogP contribution is -1.97. The Morgan fingerprint density at radius 3 is 2.93 bits per heavy atom. The van der Waals surface area contributed by atoms with Crippen LogP contribution < -0.4 is 5.73 Å². The zero-order valence-corrected chi connectivity index (χ0v) is 9.32. The van der Waals surface area contributed by atoms with Gasteiger partial charge in [-0.3, -0.25) is 0 Å². The summed E-state index contributed by atoms with van der Waals surface area (Å²) >= 11 is 6.95. The van der Waals surface area contributed by atoms with E-state index >= 15 is 0 Å². The average molecular weight is 243 g/mol. The maximum Gasteiger partial charge on any atom is 0.348 e. The monoisotopic (exact) mass is 242 g/mol. The van der Waals surface area contributed by atoms with Crippen LogP contribution in [0.3, 0.4) is 0 Å². The second kappa shape index (κ2) is 3.36. The third-order valence-corrected chi connectivity index (χ3v) is 3.53. The van der Waals surface area contributed by atoms with Crippen molar-refractivity contribution in [3.8, 4) is 0 Å². The molecule has 0 fully saturated rings. The van der Waals surface area contributed by atoms with Crippen molar-refractivity contribution < 1.29 is 9.90 Å². The molecule has 0 unspecified atom stereocenters. The predicted molar refractivity (Wildman–Crippen MR) is 60.7 cm³/mol. The number of pyridine rings is 1. The molecular weight excluding hydrogens is 236 g/mol. The van der Waals surface area contributed by atoms with E-state index in [1.807, 2.05) is 0 Å². The van der Waals surface area contributed by atoms with Gasteiger partial charge >= 0.3 is 5.97 Å². The highest BCUT2D eigenvalue weighted by Gasteiger charge is 2.17. The molecule has 0 aromatic carbocycles. The zero-order valence-electron chi connectivity index (χ0n) is 7.74. The summed E-state index contributed by atoms with van der Waals surface area (Å²) in [5.74, 6) is -1.04. The molecule has 78 valence electrons. The van der Waals surface area contributed by atoms with Crippen molar-refractivity contribution >= 4 is 44.8 Å². The normalized spacial score (nSPS) is 10.8. The fraction of sp³-hybridized carbons (Fsp3) is 0.111. The van der Waals surface area contributed by atoms with Gasteiger partial charge in [-0.2, -0.15) is 0 Å². The number of rotatable bonds is 1. The van der Waals surface area contributed by atoms with Crippen molar-refractivity contribution in [1.29, 1.82) is 0 Å². The molecule has 2 rings (SSSR count). The van der Waals surface area contributed by atoms with Crippen molar-refractivity contribution in [2.45, 2.75) is 6.92 Å². The van der Waals surface area contributed by atoms with Crippen LogP contribution in [0.4, 0.5) is 5.69 Å². The van der Waals surface area contributed by atoms with E-state index in [4.69, 9.17) is 22.4 Å². The van der Waals surface area contributed by atoms with Gasteiger partial charge in [0.05, 0.1) is 16.4 Å². The molecule has 0 atom stereocenters. The van der Waals surface area contributed by atoms with Crippen LogP contribution in [0.15, 0.2) is 6.07 Å². The number of nitrogen functional groups attached to an aromatic ring is 1. The number of carboxylic acid groups (broad SMARTS) is 1. The number of nitrogens with two attached hydrogens (primary N) is 1. The molecule has 2 aromatic heterocycles. The van der Waals surface area contributed by atoms with Crippen LogP contribution >= 0.6 is 22.9 Å². The Morgan fingerprint density at radius 2 is 2.33 bits per heavy atom. The molecule has 0 aliphatic rings. The third kappa shape index (κ3) is 1.53. The largest absolute Gasteiger partial charge is 0.477 e. The average Bonchev–Trinajstić information content (AvgIpc) is 2.46. The molecule has 0 aliphatic carbocycles. The second-order valence-electron chi connectivity index (χ2n) is 3.06. The number of hydrogen-bond donors (Lipinski definition) is 2. The van der Waals surface area contributed by atoms with E-state index in [0.29, 0.717) is 20.9 Å². The van der Waals surface area contributed by atoms with Crippen molar-refractivity contribution in [2.75, 3.05) is 5.73 Å². The van der Waals surface area contributed by atoms with Gasteiger partial charge in [0.25, 0.3) is 0 Å². The molecular formula is C9H7ClN2O2S. The fourth-order valence-electron chi connectivity index (χ4n) is 1.26. The first-order valence-electron chi connectivity index (χ1n) is 4.09. The lowest BCUT2D eigenvalue weighted by Gasteiger charge is -1.96. The highest BCUT2D eigenvalue weighted by atomic mass is 35.5. The lowest BCUT2D eigenvalue weighted by molar-refractivity contribution is 0.0703. The predicted octanol–water partition coefficient (Wildman–Crippen LogP) is 2.54. The quantitative estimate of drug-likeness (QED) is 0.806. The lowest BCUT2D eigenvalue weighted by atomic mass is 10.2. The summed E-state index contributed by atoms with van der Waals surface area (Å²) in [5, 5.41) is 9.97. The van der Waals surface area contributed by atoms with Gasteiger partial charge in [0.2, 0.25) is 0 Å². The van der Waals surface area contributed by atoms with Gasteiger partial charge in [-0.1, -0.05) is 11.6 Å². The zero-order chi connectivity index (χ0) is 11.2. The number of aromatic carboxylic acids is 1. The molecule has 3 N–H and O–H groups in total. The Labute approximate surface area is 94.3 Å². The van der Waals surface area contributed by atoms with Crippen LogP contribution in [0.5, 0.6) is 0 Å². The number of aromatic nitrogens is 1. The number of carbonyl (C=O) groups is 1. The van der Waals surface area contributed by atoms with Gasteiger partial charge in [-0.05, 0) is 13.0 Å². The summed E-state index contributed by atoms with van der Waals surface area (Å²) in [6.07, 6.45) is 0. The molecule has 0 spiro atoms. The van der Waals surface area contributed by atoms with E-state index in [9.17, 15) is 4.79 Å². The minimum absolute atomic E-state index is 0.110. The number of thiophene rings is 1. The number of halogens is 1. The third-order valence-electron chi connectivity index (χ3n) is 2.04. The topological polar surface area (TPSA) is 76.2 Å². The molecule has 0 amide bonds. The summed E-state index contributed by atoms with van der Waals surface area (Å²) in [6, 6.07) is 1.65. The Morgan fingerprint density at radius 1 is 1.67 bits per heavy atom. The molecule has 15 heavy (non-hydrogen) atoms. The summed E-state index contributed by atoms with van der Waals surface area (Å²) in [7, 11) is 0. The fourth-order valence-corrected chi connectivity index (χ4v) is 2.38. The van der Waals surface area contributed by atoms with Gasteiger partial charge < -0.3 is 10.8 Å². The standard InChI is InChI=1S/C9H7ClN2O2S/c1-3-5(10)2-4-6(11)7(9(13)14)15-8(4)12-3/h2H,11H2,1H3,(H,13,14). The first-order valence-corrected chi connectivity index (χ1v) is 5.28. The molecule has 2 aromatic rings. The Balaban J connectivity index is 2.83. The number of aryl methyl sites for hydroxylation is 1. The number of carboxylic acids is 1. The van der Waals surface area contributed by atoms with Crippen LogP contribution in [0.1, 0.15) is 15.4 Å². The maximum absolute atomic E-state index is 10.8. The molecule has 6 heteroatoms. The summed E-state index contributed by atoms with van der Waals surface area (Å²) in [5.41, 5.74) is 6.59. The molecule has 4 nitrogen and oxygen atoms in total. The van der Waals surface area contributed by atoms with Crippen LogP contribution in [0.25, 0.3) is 10.2 Å². The summed E-state index contributed by atoms with van der Waals surface area (Å²) in [4.78, 5) is 15.7. The number of anilines is 1. The van der Waals surface area contributed by atoms with Crippen molar-refractivity contribution in [3.05, 3.63) is 21.7 Å². The van der Waals surface area contributed by atoms with Crippen molar-refractivity contribution in [1.82, 2.24) is 4.98 Å². The molecule has 0 bridgehead atoms. The Hall–Kier alpha value is -1.33. The van der Waals surface area contributed by atoms with Crippen LogP contribution in [-0.4, -0.2) is 16.1 Å². The molecule has 0 saturated heterocycles. The van der Waals surface area contributed by atoms with Crippen LogP contribution in [-0.2, 0) is 0 Å². The smallest absolute Gasteiger partial charge is 0.348 e. The molecule has 2 heterocycles. The highest BCUT2D eigenvalue weighted by Crippen LogP contribution is 2.34. The number of hydrogen-bond acceptors (Lipinski definition) is 4. The Kier molecular flexibility index (Phi) is 2.28. The minimum atomic E-state index is -1.04. The van der Waals surface area contributed by atoms with E-state index in [1.54, 1.807) is 13.0 Å². The van der Waals surface area contributed by atoms with Gasteiger partial charge in [0.1, 0.15) is 9.71 Å². The van der Waals surface area contributed by atoms with Crippen molar-refractivity contribution in [2.24, 2.45) is 0 Å². The van der Waals surface area contributed by atoms with Crippen molar-refractivity contribution in [3.63, 3.8) is 0 Å². The highest BCUT2D eigenvalue weighted by molar-refractivity contribution is 7.21. The van der Waals surface area contributed by atoms with Gasteiger partial charge in [-0.15, -0.1) is 11.3 Å². The SMILES string of the molecule is Cc1nc2sc(C(=O)O)c(N)c2cc1Cl. The summed E-state index contributed by atoms with van der Waals surface area (Å²) < 4.78 is 0. The van der Waals surface area contributed by atoms with E-state index in [0.717, 1.165) is 11.3 Å². The second-order valence-corrected chi connectivity index (χ2v) is 4.46. The van der Waals surface area contributed by atoms with Crippen LogP contribution in [0, 0.1) is 6.92 Å². The molecule has 0 saturated carbocycles. The minimum Gasteiger partial charge on any atom is -0.477 e. The van der Waals surface area contributed by atoms with E-state index in [-0.39, 0.29) is 10.6 Å². The van der Waals surface area contributed by atoms with Gasteiger partial charge in [-0.25, -0.2) is 9.78 Å².